The number of amidine groups is 1. The number of nitrogens with zero attached hydrogens (tertiary/aromatic N) is 2. The lowest BCUT2D eigenvalue weighted by atomic mass is 10.1. The molecule has 0 radical (unpaired) electrons. The molecule has 0 saturated heterocycles. The van der Waals surface area contributed by atoms with Gasteiger partial charge < -0.3 is 10.6 Å². The van der Waals surface area contributed by atoms with Crippen LogP contribution in [0, 0.1) is 5.82 Å². The number of aliphatic imine (C=N–C) groups is 1. The van der Waals surface area contributed by atoms with Gasteiger partial charge in [0.15, 0.2) is 0 Å². The zero-order chi connectivity index (χ0) is 12.4. The van der Waals surface area contributed by atoms with Gasteiger partial charge in [0.05, 0.1) is 0 Å². The SMILES string of the molecule is C=CCN1C(=O)N=C(N)C1c1cccc(F)c1. The predicted molar refractivity (Wildman–Crippen MR) is 63.1 cm³/mol. The second-order valence-electron chi connectivity index (χ2n) is 3.72. The van der Waals surface area contributed by atoms with E-state index in [1.165, 1.54) is 17.0 Å². The maximum atomic E-state index is 13.2. The summed E-state index contributed by atoms with van der Waals surface area (Å²) in [6, 6.07) is 5.05. The number of nitrogens with two attached hydrogens (primary N) is 1. The molecule has 0 aromatic heterocycles. The zero-order valence-electron chi connectivity index (χ0n) is 9.14. The summed E-state index contributed by atoms with van der Waals surface area (Å²) < 4.78 is 13.2. The normalized spacial score (nSPS) is 19.4. The first-order valence-corrected chi connectivity index (χ1v) is 5.14. The molecule has 2 N–H and O–H groups in total. The Labute approximate surface area is 98.2 Å². The van der Waals surface area contributed by atoms with Crippen LogP contribution in [0.5, 0.6) is 0 Å². The summed E-state index contributed by atoms with van der Waals surface area (Å²) in [6.45, 7) is 3.89. The Bertz CT molecular complexity index is 498. The summed E-state index contributed by atoms with van der Waals surface area (Å²) >= 11 is 0. The van der Waals surface area contributed by atoms with Crippen LogP contribution in [0.15, 0.2) is 41.9 Å². The zero-order valence-corrected chi connectivity index (χ0v) is 9.14. The van der Waals surface area contributed by atoms with E-state index in [4.69, 9.17) is 5.73 Å². The summed E-state index contributed by atoms with van der Waals surface area (Å²) in [5, 5.41) is 0. The molecule has 1 aromatic carbocycles. The molecule has 1 atom stereocenters. The van der Waals surface area contributed by atoms with E-state index >= 15 is 0 Å². The first-order valence-electron chi connectivity index (χ1n) is 5.14. The van der Waals surface area contributed by atoms with Gasteiger partial charge in [-0.05, 0) is 17.7 Å². The molecule has 1 unspecified atom stereocenters. The van der Waals surface area contributed by atoms with Crippen molar-refractivity contribution >= 4 is 11.9 Å². The lowest BCUT2D eigenvalue weighted by Crippen LogP contribution is -2.33. The monoisotopic (exact) mass is 233 g/mol. The van der Waals surface area contributed by atoms with Crippen molar-refractivity contribution in [3.63, 3.8) is 0 Å². The quantitative estimate of drug-likeness (QED) is 0.810. The topological polar surface area (TPSA) is 58.7 Å². The summed E-state index contributed by atoms with van der Waals surface area (Å²) in [5.41, 5.74) is 6.31. The van der Waals surface area contributed by atoms with E-state index in [0.717, 1.165) is 0 Å². The standard InChI is InChI=1S/C12H12FN3O/c1-2-6-16-10(11(14)15-12(16)17)8-4-3-5-9(13)7-8/h2-5,7,10H,1,6H2,(H2,14,15,17). The van der Waals surface area contributed by atoms with Crippen molar-refractivity contribution in [2.75, 3.05) is 6.54 Å². The fraction of sp³-hybridized carbons (Fsp3) is 0.167. The van der Waals surface area contributed by atoms with Gasteiger partial charge in [0.1, 0.15) is 17.7 Å². The highest BCUT2D eigenvalue weighted by Crippen LogP contribution is 2.26. The number of hydrogen-bond acceptors (Lipinski definition) is 2. The fourth-order valence-corrected chi connectivity index (χ4v) is 1.86. The smallest absolute Gasteiger partial charge is 0.346 e. The highest BCUT2D eigenvalue weighted by molar-refractivity contribution is 6.03. The highest BCUT2D eigenvalue weighted by Gasteiger charge is 2.33. The average Bonchev–Trinajstić information content (AvgIpc) is 2.54. The van der Waals surface area contributed by atoms with Gasteiger partial charge in [-0.2, -0.15) is 4.99 Å². The molecule has 0 spiro atoms. The van der Waals surface area contributed by atoms with Crippen molar-refractivity contribution in [3.05, 3.63) is 48.3 Å². The van der Waals surface area contributed by atoms with Crippen molar-refractivity contribution < 1.29 is 9.18 Å². The first kappa shape index (κ1) is 11.3. The number of urea groups is 1. The second-order valence-corrected chi connectivity index (χ2v) is 3.72. The molecule has 1 aromatic rings. The molecule has 17 heavy (non-hydrogen) atoms. The third kappa shape index (κ3) is 2.04. The molecule has 0 aliphatic carbocycles. The maximum Gasteiger partial charge on any atom is 0.346 e. The largest absolute Gasteiger partial charge is 0.385 e. The number of carbonyl (C=O) groups is 1. The van der Waals surface area contributed by atoms with Crippen LogP contribution in [-0.4, -0.2) is 23.3 Å². The minimum absolute atomic E-state index is 0.183. The second kappa shape index (κ2) is 4.37. The number of benzene rings is 1. The van der Waals surface area contributed by atoms with Crippen LogP contribution in [0.4, 0.5) is 9.18 Å². The Morgan fingerprint density at radius 2 is 2.35 bits per heavy atom. The molecule has 4 nitrogen and oxygen atoms in total. The number of hydrogen-bond donors (Lipinski definition) is 1. The molecule has 0 bridgehead atoms. The molecule has 1 aliphatic rings. The molecule has 5 heteroatoms. The van der Waals surface area contributed by atoms with Crippen LogP contribution in [-0.2, 0) is 0 Å². The van der Waals surface area contributed by atoms with E-state index in [-0.39, 0.29) is 11.7 Å². The molecule has 0 saturated carbocycles. The Kier molecular flexibility index (Phi) is 2.91. The maximum absolute atomic E-state index is 13.2. The minimum Gasteiger partial charge on any atom is -0.385 e. The van der Waals surface area contributed by atoms with Crippen molar-refractivity contribution in [3.8, 4) is 0 Å². The van der Waals surface area contributed by atoms with Crippen LogP contribution < -0.4 is 5.73 Å². The van der Waals surface area contributed by atoms with Gasteiger partial charge in [-0.1, -0.05) is 18.2 Å². The van der Waals surface area contributed by atoms with E-state index in [2.05, 4.69) is 11.6 Å². The molecule has 1 heterocycles. The number of halogens is 1. The number of carbonyl (C=O) groups excluding carboxylic acids is 1. The molecule has 2 rings (SSSR count). The Hall–Kier alpha value is -2.17. The predicted octanol–water partition coefficient (Wildman–Crippen LogP) is 1.85. The van der Waals surface area contributed by atoms with Crippen molar-refractivity contribution in [2.24, 2.45) is 10.7 Å². The van der Waals surface area contributed by atoms with E-state index < -0.39 is 12.1 Å². The van der Waals surface area contributed by atoms with Gasteiger partial charge in [0, 0.05) is 6.54 Å². The molecule has 2 amide bonds. The number of rotatable bonds is 3. The van der Waals surface area contributed by atoms with Crippen LogP contribution in [0.25, 0.3) is 0 Å². The number of amides is 2. The third-order valence-electron chi connectivity index (χ3n) is 2.55. The Morgan fingerprint density at radius 3 is 3.00 bits per heavy atom. The van der Waals surface area contributed by atoms with Gasteiger partial charge in [-0.15, -0.1) is 6.58 Å². The molecule has 1 aliphatic heterocycles. The van der Waals surface area contributed by atoms with Gasteiger partial charge in [-0.25, -0.2) is 9.18 Å². The molecular weight excluding hydrogens is 221 g/mol. The summed E-state index contributed by atoms with van der Waals surface area (Å²) in [6.07, 6.45) is 1.58. The highest BCUT2D eigenvalue weighted by atomic mass is 19.1. The first-order chi connectivity index (χ1) is 8.13. The fourth-order valence-electron chi connectivity index (χ4n) is 1.86. The Morgan fingerprint density at radius 1 is 1.59 bits per heavy atom. The van der Waals surface area contributed by atoms with E-state index in [1.807, 2.05) is 0 Å². The van der Waals surface area contributed by atoms with Crippen molar-refractivity contribution in [1.82, 2.24) is 4.90 Å². The average molecular weight is 233 g/mol. The van der Waals surface area contributed by atoms with Crippen molar-refractivity contribution in [2.45, 2.75) is 6.04 Å². The van der Waals surface area contributed by atoms with Gasteiger partial charge >= 0.3 is 6.03 Å². The van der Waals surface area contributed by atoms with Crippen LogP contribution in [0.1, 0.15) is 11.6 Å². The van der Waals surface area contributed by atoms with E-state index in [1.54, 1.807) is 18.2 Å². The molecule has 88 valence electrons. The lowest BCUT2D eigenvalue weighted by molar-refractivity contribution is 0.212. The van der Waals surface area contributed by atoms with Gasteiger partial charge in [-0.3, -0.25) is 0 Å². The Balaban J connectivity index is 2.38. The summed E-state index contributed by atoms with van der Waals surface area (Å²) in [7, 11) is 0. The van der Waals surface area contributed by atoms with E-state index in [9.17, 15) is 9.18 Å². The molecule has 0 fully saturated rings. The summed E-state index contributed by atoms with van der Waals surface area (Å²) in [4.78, 5) is 16.7. The lowest BCUT2D eigenvalue weighted by Gasteiger charge is -2.23. The van der Waals surface area contributed by atoms with Crippen molar-refractivity contribution in [1.29, 1.82) is 0 Å². The minimum atomic E-state index is -0.504. The summed E-state index contributed by atoms with van der Waals surface area (Å²) in [5.74, 6) is -0.185. The molecular formula is C12H12FN3O. The van der Waals surface area contributed by atoms with Crippen LogP contribution >= 0.6 is 0 Å². The third-order valence-corrected chi connectivity index (χ3v) is 2.55. The van der Waals surface area contributed by atoms with E-state index in [0.29, 0.717) is 12.1 Å². The van der Waals surface area contributed by atoms with Gasteiger partial charge in [0.25, 0.3) is 0 Å². The van der Waals surface area contributed by atoms with Gasteiger partial charge in [0.2, 0.25) is 0 Å². The van der Waals surface area contributed by atoms with Crippen LogP contribution in [0.2, 0.25) is 0 Å². The van der Waals surface area contributed by atoms with Crippen LogP contribution in [0.3, 0.4) is 0 Å².